The lowest BCUT2D eigenvalue weighted by Crippen LogP contribution is -2.35. The zero-order chi connectivity index (χ0) is 26.9. The maximum absolute atomic E-state index is 12.3. The second kappa shape index (κ2) is 13.7. The number of esters is 1. The number of hydrogen-bond donors (Lipinski definition) is 3. The van der Waals surface area contributed by atoms with E-state index < -0.39 is 32.9 Å². The first-order valence-corrected chi connectivity index (χ1v) is 13.4. The number of halogens is 1. The molecule has 0 amide bonds. The van der Waals surface area contributed by atoms with Crippen LogP contribution in [0.15, 0.2) is 36.7 Å². The van der Waals surface area contributed by atoms with Crippen LogP contribution < -0.4 is 20.7 Å². The normalized spacial score (nSPS) is 14.8. The van der Waals surface area contributed by atoms with Crippen molar-refractivity contribution in [2.45, 2.75) is 52.2 Å². The van der Waals surface area contributed by atoms with Crippen LogP contribution in [0, 0.1) is 0 Å². The molecule has 0 aliphatic heterocycles. The van der Waals surface area contributed by atoms with Crippen molar-refractivity contribution in [1.82, 2.24) is 24.6 Å². The van der Waals surface area contributed by atoms with Crippen molar-refractivity contribution in [3.05, 3.63) is 36.7 Å². The van der Waals surface area contributed by atoms with Crippen molar-refractivity contribution in [1.29, 1.82) is 0 Å². The number of benzene rings is 1. The number of nitrogens with zero attached hydrogens (tertiary/aromatic N) is 4. The number of carbonyl (C=O) groups excluding carboxylic acids is 1. The number of alkyl halides is 1. The van der Waals surface area contributed by atoms with Crippen molar-refractivity contribution in [3.63, 3.8) is 0 Å². The van der Waals surface area contributed by atoms with Gasteiger partial charge < -0.3 is 29.6 Å². The van der Waals surface area contributed by atoms with E-state index in [4.69, 9.17) is 35.9 Å². The molecule has 0 saturated heterocycles. The van der Waals surface area contributed by atoms with Crippen LogP contribution in [-0.4, -0.2) is 63.3 Å². The predicted molar refractivity (Wildman–Crippen MR) is 143 cm³/mol. The molecule has 0 radical (unpaired) electrons. The van der Waals surface area contributed by atoms with E-state index >= 15 is 0 Å². The Morgan fingerprint density at radius 1 is 1.19 bits per heavy atom. The minimum Gasteiger partial charge on any atom is -0.462 e. The number of imidazole rings is 1. The highest BCUT2D eigenvalue weighted by Gasteiger charge is 2.26. The highest BCUT2D eigenvalue weighted by Crippen LogP contribution is 2.36. The molecule has 2 aromatic heterocycles. The van der Waals surface area contributed by atoms with E-state index in [0.29, 0.717) is 22.7 Å². The van der Waals surface area contributed by atoms with E-state index in [-0.39, 0.29) is 24.5 Å². The third-order valence-corrected chi connectivity index (χ3v) is 6.64. The summed E-state index contributed by atoms with van der Waals surface area (Å²) in [7, 11) is -0.00490. The molecule has 2 heterocycles. The zero-order valence-electron chi connectivity index (χ0n) is 21.4. The summed E-state index contributed by atoms with van der Waals surface area (Å²) in [6, 6.07) is 8.50. The Bertz CT molecular complexity index is 1150. The third kappa shape index (κ3) is 8.11. The highest BCUT2D eigenvalue weighted by molar-refractivity contribution is 7.45. The lowest BCUT2D eigenvalue weighted by atomic mass is 10.3. The molecule has 0 saturated carbocycles. The fourth-order valence-corrected chi connectivity index (χ4v) is 4.58. The largest absolute Gasteiger partial charge is 0.462 e. The molecule has 0 aliphatic carbocycles. The molecule has 4 N–H and O–H groups in total. The predicted octanol–water partition coefficient (Wildman–Crippen LogP) is 3.84. The molecule has 0 bridgehead atoms. The van der Waals surface area contributed by atoms with Crippen molar-refractivity contribution < 1.29 is 23.3 Å². The van der Waals surface area contributed by atoms with Crippen molar-refractivity contribution in [2.24, 2.45) is 0 Å². The van der Waals surface area contributed by atoms with Gasteiger partial charge in [0.15, 0.2) is 17.0 Å². The minimum atomic E-state index is -1.74. The van der Waals surface area contributed by atoms with E-state index in [2.05, 4.69) is 25.4 Å². The maximum Gasteiger partial charge on any atom is 0.323 e. The van der Waals surface area contributed by atoms with Crippen LogP contribution in [0.5, 0.6) is 5.75 Å². The van der Waals surface area contributed by atoms with Gasteiger partial charge in [0.2, 0.25) is 5.95 Å². The van der Waals surface area contributed by atoms with E-state index in [1.165, 1.54) is 0 Å². The summed E-state index contributed by atoms with van der Waals surface area (Å²) in [5.74, 6) is 0.962. The average Bonchev–Trinajstić information content (AvgIpc) is 3.29. The van der Waals surface area contributed by atoms with Gasteiger partial charge in [-0.2, -0.15) is 9.97 Å². The van der Waals surface area contributed by atoms with Gasteiger partial charge in [0.1, 0.15) is 18.0 Å². The number of hydrogen-bond acceptors (Lipinski definition) is 11. The Morgan fingerprint density at radius 2 is 1.92 bits per heavy atom. The molecule has 1 aromatic carbocycles. The number of aromatic nitrogens is 4. The minimum absolute atomic E-state index is 0.0941. The van der Waals surface area contributed by atoms with Crippen molar-refractivity contribution >= 4 is 49.0 Å². The number of nitrogens with two attached hydrogens (primary N) is 1. The van der Waals surface area contributed by atoms with Gasteiger partial charge >= 0.3 is 14.5 Å². The van der Waals surface area contributed by atoms with Crippen LogP contribution >= 0.6 is 20.1 Å². The molecule has 4 atom stereocenters. The van der Waals surface area contributed by atoms with Gasteiger partial charge in [0.05, 0.1) is 31.0 Å². The second-order valence-corrected chi connectivity index (χ2v) is 9.83. The number of ether oxygens (including phenoxy) is 2. The average molecular weight is 554 g/mol. The van der Waals surface area contributed by atoms with Gasteiger partial charge in [0.25, 0.3) is 0 Å². The Morgan fingerprint density at radius 3 is 2.57 bits per heavy atom. The van der Waals surface area contributed by atoms with Gasteiger partial charge in [-0.3, -0.25) is 9.36 Å². The smallest absolute Gasteiger partial charge is 0.323 e. The summed E-state index contributed by atoms with van der Waals surface area (Å²) in [4.78, 5) is 25.2. The van der Waals surface area contributed by atoms with E-state index in [9.17, 15) is 4.79 Å². The van der Waals surface area contributed by atoms with Crippen LogP contribution in [0.3, 0.4) is 0 Å². The summed E-state index contributed by atoms with van der Waals surface area (Å²) >= 11 is 6.21. The number of nitrogens with one attached hydrogen (secondary N) is 2. The van der Waals surface area contributed by atoms with E-state index in [1.54, 1.807) is 50.8 Å². The van der Waals surface area contributed by atoms with Gasteiger partial charge in [-0.1, -0.05) is 18.2 Å². The van der Waals surface area contributed by atoms with Gasteiger partial charge in [-0.05, 0) is 39.8 Å². The van der Waals surface area contributed by atoms with Crippen LogP contribution in [0.1, 0.15) is 33.9 Å². The molecule has 37 heavy (non-hydrogen) atoms. The number of anilines is 2. The fraction of sp³-hybridized carbons (Fsp3) is 0.478. The Labute approximate surface area is 222 Å². The second-order valence-electron chi connectivity index (χ2n) is 8.31. The summed E-state index contributed by atoms with van der Waals surface area (Å²) in [5, 5.41) is 6.03. The van der Waals surface area contributed by atoms with Crippen LogP contribution in [-0.2, 0) is 18.8 Å². The van der Waals surface area contributed by atoms with Gasteiger partial charge in [-0.15, -0.1) is 11.6 Å². The number of fused-ring (bicyclic) bond motifs is 1. The topological polar surface area (TPSA) is 148 Å². The molecule has 12 nitrogen and oxygen atoms in total. The monoisotopic (exact) mass is 553 g/mol. The Kier molecular flexibility index (Phi) is 10.7. The van der Waals surface area contributed by atoms with E-state index in [1.807, 2.05) is 25.1 Å². The molecular formula is C23H33ClN7O5P. The first kappa shape index (κ1) is 28.8. The van der Waals surface area contributed by atoms with E-state index in [0.717, 1.165) is 0 Å². The fourth-order valence-electron chi connectivity index (χ4n) is 3.20. The first-order valence-electron chi connectivity index (χ1n) is 11.7. The summed E-state index contributed by atoms with van der Waals surface area (Å²) < 4.78 is 25.2. The number of para-hydroxylation sites is 1. The molecule has 14 heteroatoms. The molecule has 0 fully saturated rings. The SMILES string of the molecule is CNc1nc(N)nc2c1ncn2C(C)OC(CCl)COP(NC(C)C(=O)OC(C)C)Oc1ccccc1. The summed E-state index contributed by atoms with van der Waals surface area (Å²) in [6.45, 7) is 7.20. The number of carbonyl (C=O) groups is 1. The van der Waals surface area contributed by atoms with Gasteiger partial charge in [-0.25, -0.2) is 10.1 Å². The lowest BCUT2D eigenvalue weighted by molar-refractivity contribution is -0.149. The molecular weight excluding hydrogens is 521 g/mol. The summed E-state index contributed by atoms with van der Waals surface area (Å²) in [5.41, 5.74) is 6.94. The highest BCUT2D eigenvalue weighted by atomic mass is 35.5. The Hall–Kier alpha value is -2.76. The molecule has 4 unspecified atom stereocenters. The van der Waals surface area contributed by atoms with Crippen LogP contribution in [0.25, 0.3) is 11.2 Å². The molecule has 3 aromatic rings. The lowest BCUT2D eigenvalue weighted by Gasteiger charge is -2.26. The van der Waals surface area contributed by atoms with Crippen molar-refractivity contribution in [2.75, 3.05) is 30.6 Å². The van der Waals surface area contributed by atoms with Crippen molar-refractivity contribution in [3.8, 4) is 5.75 Å². The van der Waals surface area contributed by atoms with Crippen LogP contribution in [0.2, 0.25) is 0 Å². The molecule has 0 spiro atoms. The van der Waals surface area contributed by atoms with Crippen LogP contribution in [0.4, 0.5) is 11.8 Å². The maximum atomic E-state index is 12.3. The Balaban J connectivity index is 1.68. The quantitative estimate of drug-likeness (QED) is 0.152. The summed E-state index contributed by atoms with van der Waals surface area (Å²) in [6.07, 6.45) is 0.357. The third-order valence-electron chi connectivity index (χ3n) is 4.94. The molecule has 0 aliphatic rings. The van der Waals surface area contributed by atoms with Gasteiger partial charge in [0, 0.05) is 7.05 Å². The number of rotatable bonds is 14. The number of nitrogen functional groups attached to an aromatic ring is 1. The zero-order valence-corrected chi connectivity index (χ0v) is 23.1. The molecule has 3 rings (SSSR count). The standard InChI is InChI=1S/C23H33ClN7O5P/c1-14(2)34-22(32)15(3)30-37(36-17-9-7-6-8-10-17)33-12-18(11-24)35-16(4)31-13-27-19-20(26-5)28-23(25)29-21(19)31/h6-10,13-16,18,30H,11-12H2,1-5H3,(H3,25,26,28,29). The molecule has 202 valence electrons. The first-order chi connectivity index (χ1) is 17.7.